The molecule has 1 aromatic carbocycles. The van der Waals surface area contributed by atoms with Crippen LogP contribution in [0.15, 0.2) is 24.3 Å². The van der Waals surface area contributed by atoms with Crippen molar-refractivity contribution in [3.05, 3.63) is 29.8 Å². The van der Waals surface area contributed by atoms with Crippen LogP contribution in [0.25, 0.3) is 0 Å². The first kappa shape index (κ1) is 15.0. The van der Waals surface area contributed by atoms with Gasteiger partial charge in [-0.05, 0) is 19.4 Å². The molecule has 0 amide bonds. The lowest BCUT2D eigenvalue weighted by atomic mass is 10.1. The average molecular weight is 253 g/mol. The highest BCUT2D eigenvalue weighted by atomic mass is 16.5. The lowest BCUT2D eigenvalue weighted by molar-refractivity contribution is 0.0803. The normalized spacial score (nSPS) is 12.4. The zero-order chi connectivity index (χ0) is 13.2. The Hall–Kier alpha value is -1.10. The molecule has 18 heavy (non-hydrogen) atoms. The largest absolute Gasteiger partial charge is 0.491 e. The van der Waals surface area contributed by atoms with Gasteiger partial charge in [0.25, 0.3) is 0 Å². The second kappa shape index (κ2) is 8.91. The average Bonchev–Trinajstić information content (AvgIpc) is 2.38. The van der Waals surface area contributed by atoms with Crippen molar-refractivity contribution in [1.82, 2.24) is 0 Å². The molecule has 4 heteroatoms. The molecule has 0 spiro atoms. The third-order valence-electron chi connectivity index (χ3n) is 2.53. The second-order valence-corrected chi connectivity index (χ2v) is 4.13. The van der Waals surface area contributed by atoms with E-state index in [2.05, 4.69) is 0 Å². The molecule has 4 nitrogen and oxygen atoms in total. The fraction of sp³-hybridized carbons (Fsp3) is 0.571. The maximum atomic E-state index is 5.87. The van der Waals surface area contributed by atoms with E-state index in [4.69, 9.17) is 19.9 Å². The molecular formula is C14H23NO3. The van der Waals surface area contributed by atoms with Gasteiger partial charge in [-0.25, -0.2) is 0 Å². The van der Waals surface area contributed by atoms with Crippen LogP contribution in [-0.2, 0) is 9.47 Å². The minimum absolute atomic E-state index is 0.0242. The molecule has 0 saturated heterocycles. The van der Waals surface area contributed by atoms with Crippen LogP contribution in [0.4, 0.5) is 0 Å². The van der Waals surface area contributed by atoms with Gasteiger partial charge in [0, 0.05) is 31.9 Å². The van der Waals surface area contributed by atoms with E-state index in [0.29, 0.717) is 19.8 Å². The minimum Gasteiger partial charge on any atom is -0.491 e. The molecule has 0 aliphatic rings. The molecular weight excluding hydrogens is 230 g/mol. The number of hydrogen-bond donors (Lipinski definition) is 1. The summed E-state index contributed by atoms with van der Waals surface area (Å²) in [5.41, 5.74) is 6.90. The highest BCUT2D eigenvalue weighted by molar-refractivity contribution is 5.35. The van der Waals surface area contributed by atoms with Gasteiger partial charge < -0.3 is 19.9 Å². The Morgan fingerprint density at radius 1 is 1.11 bits per heavy atom. The lowest BCUT2D eigenvalue weighted by Gasteiger charge is -2.13. The van der Waals surface area contributed by atoms with Crippen molar-refractivity contribution in [2.45, 2.75) is 19.4 Å². The highest BCUT2D eigenvalue weighted by Gasteiger charge is 2.06. The smallest absolute Gasteiger partial charge is 0.124 e. The quantitative estimate of drug-likeness (QED) is 0.685. The van der Waals surface area contributed by atoms with Gasteiger partial charge in [0.15, 0.2) is 0 Å². The molecule has 0 heterocycles. The van der Waals surface area contributed by atoms with E-state index in [1.165, 1.54) is 0 Å². The molecule has 0 saturated carbocycles. The molecule has 0 bridgehead atoms. The van der Waals surface area contributed by atoms with Crippen LogP contribution in [0.2, 0.25) is 0 Å². The van der Waals surface area contributed by atoms with Crippen LogP contribution in [0.1, 0.15) is 24.9 Å². The number of rotatable bonds is 9. The van der Waals surface area contributed by atoms with E-state index in [1.807, 2.05) is 31.2 Å². The predicted molar refractivity (Wildman–Crippen MR) is 71.9 cm³/mol. The van der Waals surface area contributed by atoms with Crippen molar-refractivity contribution in [3.8, 4) is 5.75 Å². The number of ether oxygens (including phenoxy) is 3. The number of benzene rings is 1. The molecule has 0 aliphatic carbocycles. The maximum Gasteiger partial charge on any atom is 0.124 e. The topological polar surface area (TPSA) is 53.7 Å². The maximum absolute atomic E-state index is 5.87. The zero-order valence-electron chi connectivity index (χ0n) is 11.2. The monoisotopic (exact) mass is 253 g/mol. The van der Waals surface area contributed by atoms with Crippen molar-refractivity contribution in [3.63, 3.8) is 0 Å². The van der Waals surface area contributed by atoms with E-state index in [0.717, 1.165) is 24.3 Å². The molecule has 0 aromatic heterocycles. The summed E-state index contributed by atoms with van der Waals surface area (Å²) in [6.07, 6.45) is 0.910. The minimum atomic E-state index is -0.0242. The summed E-state index contributed by atoms with van der Waals surface area (Å²) in [6.45, 7) is 4.50. The zero-order valence-corrected chi connectivity index (χ0v) is 11.2. The number of methoxy groups -OCH3 is 1. The molecule has 2 N–H and O–H groups in total. The van der Waals surface area contributed by atoms with Gasteiger partial charge in [-0.2, -0.15) is 0 Å². The highest BCUT2D eigenvalue weighted by Crippen LogP contribution is 2.22. The third kappa shape index (κ3) is 5.49. The van der Waals surface area contributed by atoms with Crippen LogP contribution >= 0.6 is 0 Å². The fourth-order valence-electron chi connectivity index (χ4n) is 1.61. The molecule has 1 atom stereocenters. The van der Waals surface area contributed by atoms with Crippen molar-refractivity contribution >= 4 is 0 Å². The summed E-state index contributed by atoms with van der Waals surface area (Å²) >= 11 is 0. The van der Waals surface area contributed by atoms with Crippen LogP contribution in [-0.4, -0.2) is 33.5 Å². The van der Waals surface area contributed by atoms with Gasteiger partial charge in [-0.3, -0.25) is 0 Å². The first-order valence-electron chi connectivity index (χ1n) is 6.29. The fourth-order valence-corrected chi connectivity index (χ4v) is 1.61. The number of hydrogen-bond acceptors (Lipinski definition) is 4. The molecule has 0 aliphatic heterocycles. The molecule has 102 valence electrons. The molecule has 1 aromatic rings. The standard InChI is InChI=1S/C14H23NO3/c1-12(15)13-6-3-4-7-14(13)18-11-10-17-9-5-8-16-2/h3-4,6-7,12H,5,8-11,15H2,1-2H3/t12-/m1/s1. The summed E-state index contributed by atoms with van der Waals surface area (Å²) in [4.78, 5) is 0. The first-order chi connectivity index (χ1) is 8.75. The van der Waals surface area contributed by atoms with Crippen LogP contribution < -0.4 is 10.5 Å². The van der Waals surface area contributed by atoms with Gasteiger partial charge in [0.2, 0.25) is 0 Å². The first-order valence-corrected chi connectivity index (χ1v) is 6.29. The van der Waals surface area contributed by atoms with E-state index >= 15 is 0 Å². The Morgan fingerprint density at radius 3 is 2.61 bits per heavy atom. The Bertz CT molecular complexity index is 329. The summed E-state index contributed by atoms with van der Waals surface area (Å²) in [6, 6.07) is 7.81. The van der Waals surface area contributed by atoms with Crippen LogP contribution in [0, 0.1) is 0 Å². The van der Waals surface area contributed by atoms with Crippen molar-refractivity contribution in [2.24, 2.45) is 5.73 Å². The summed E-state index contributed by atoms with van der Waals surface area (Å²) < 4.78 is 16.0. The Balaban J connectivity index is 2.23. The Morgan fingerprint density at radius 2 is 1.89 bits per heavy atom. The van der Waals surface area contributed by atoms with Gasteiger partial charge in [0.05, 0.1) is 6.61 Å². The molecule has 0 fully saturated rings. The van der Waals surface area contributed by atoms with E-state index in [1.54, 1.807) is 7.11 Å². The van der Waals surface area contributed by atoms with Crippen LogP contribution in [0.3, 0.4) is 0 Å². The van der Waals surface area contributed by atoms with Crippen LogP contribution in [0.5, 0.6) is 5.75 Å². The van der Waals surface area contributed by atoms with Crippen molar-refractivity contribution in [1.29, 1.82) is 0 Å². The van der Waals surface area contributed by atoms with Crippen molar-refractivity contribution in [2.75, 3.05) is 33.5 Å². The summed E-state index contributed by atoms with van der Waals surface area (Å²) in [7, 11) is 1.69. The third-order valence-corrected chi connectivity index (χ3v) is 2.53. The molecule has 0 unspecified atom stereocenters. The van der Waals surface area contributed by atoms with Crippen molar-refractivity contribution < 1.29 is 14.2 Å². The number of nitrogens with two attached hydrogens (primary N) is 1. The molecule has 1 rings (SSSR count). The lowest BCUT2D eigenvalue weighted by Crippen LogP contribution is -2.12. The van der Waals surface area contributed by atoms with E-state index < -0.39 is 0 Å². The van der Waals surface area contributed by atoms with E-state index in [-0.39, 0.29) is 6.04 Å². The van der Waals surface area contributed by atoms with Gasteiger partial charge >= 0.3 is 0 Å². The number of para-hydroxylation sites is 1. The SMILES string of the molecule is COCCCOCCOc1ccccc1[C@@H](C)N. The molecule has 0 radical (unpaired) electrons. The van der Waals surface area contributed by atoms with E-state index in [9.17, 15) is 0 Å². The summed E-state index contributed by atoms with van der Waals surface area (Å²) in [5, 5.41) is 0. The van der Waals surface area contributed by atoms with Gasteiger partial charge in [0.1, 0.15) is 12.4 Å². The predicted octanol–water partition coefficient (Wildman–Crippen LogP) is 2.14. The Kier molecular flexibility index (Phi) is 7.41. The summed E-state index contributed by atoms with van der Waals surface area (Å²) in [5.74, 6) is 0.841. The van der Waals surface area contributed by atoms with Gasteiger partial charge in [-0.15, -0.1) is 0 Å². The van der Waals surface area contributed by atoms with Gasteiger partial charge in [-0.1, -0.05) is 18.2 Å². The Labute approximate surface area is 109 Å². The second-order valence-electron chi connectivity index (χ2n) is 4.13.